The summed E-state index contributed by atoms with van der Waals surface area (Å²) in [5.41, 5.74) is 2.21. The number of ether oxygens (including phenoxy) is 1. The zero-order valence-corrected chi connectivity index (χ0v) is 8.15. The molecule has 0 saturated heterocycles. The van der Waals surface area contributed by atoms with Gasteiger partial charge in [0.15, 0.2) is 11.9 Å². The van der Waals surface area contributed by atoms with Gasteiger partial charge in [-0.1, -0.05) is 0 Å². The number of aliphatic hydroxyl groups excluding tert-OH is 1. The Morgan fingerprint density at radius 3 is 2.93 bits per heavy atom. The summed E-state index contributed by atoms with van der Waals surface area (Å²) in [4.78, 5) is 3.01. The van der Waals surface area contributed by atoms with Crippen LogP contribution in [-0.4, -0.2) is 16.2 Å². The molecule has 0 aliphatic heterocycles. The van der Waals surface area contributed by atoms with Crippen molar-refractivity contribution in [2.45, 2.75) is 26.2 Å². The Morgan fingerprint density at radius 1 is 1.50 bits per heavy atom. The molecule has 2 aromatic heterocycles. The molecular formula is C10H13NO3. The lowest BCUT2D eigenvalue weighted by Gasteiger charge is -2.12. The number of H-pyrrole nitrogens is 1. The van der Waals surface area contributed by atoms with E-state index in [1.165, 1.54) is 0 Å². The van der Waals surface area contributed by atoms with Gasteiger partial charge in [-0.15, -0.1) is 0 Å². The Morgan fingerprint density at radius 2 is 2.29 bits per heavy atom. The second-order valence-corrected chi connectivity index (χ2v) is 3.46. The monoisotopic (exact) mass is 195 g/mol. The SMILES string of the molecule is CC(C)OC(O)c1cc2occc2[nH]1. The Hall–Kier alpha value is -1.26. The molecule has 0 radical (unpaired) electrons. The molecule has 0 aliphatic carbocycles. The van der Waals surface area contributed by atoms with Gasteiger partial charge in [0.05, 0.1) is 23.6 Å². The van der Waals surface area contributed by atoms with E-state index < -0.39 is 6.29 Å². The summed E-state index contributed by atoms with van der Waals surface area (Å²) >= 11 is 0. The van der Waals surface area contributed by atoms with Crippen molar-refractivity contribution in [2.24, 2.45) is 0 Å². The number of rotatable bonds is 3. The number of hydrogen-bond acceptors (Lipinski definition) is 3. The van der Waals surface area contributed by atoms with E-state index in [0.717, 1.165) is 11.1 Å². The van der Waals surface area contributed by atoms with Gasteiger partial charge in [0.1, 0.15) is 0 Å². The lowest BCUT2D eigenvalue weighted by Crippen LogP contribution is -2.09. The van der Waals surface area contributed by atoms with Crippen molar-refractivity contribution in [1.82, 2.24) is 4.98 Å². The molecule has 1 unspecified atom stereocenters. The van der Waals surface area contributed by atoms with Crippen molar-refractivity contribution in [2.75, 3.05) is 0 Å². The largest absolute Gasteiger partial charge is 0.463 e. The highest BCUT2D eigenvalue weighted by Gasteiger charge is 2.13. The highest BCUT2D eigenvalue weighted by molar-refractivity contribution is 5.74. The van der Waals surface area contributed by atoms with Crippen LogP contribution in [0.3, 0.4) is 0 Å². The van der Waals surface area contributed by atoms with Gasteiger partial charge in [-0.05, 0) is 13.8 Å². The first kappa shape index (κ1) is 9.30. The maximum Gasteiger partial charge on any atom is 0.196 e. The number of aliphatic hydroxyl groups is 1. The average Bonchev–Trinajstić information content (AvgIpc) is 2.58. The molecule has 0 bridgehead atoms. The third-order valence-corrected chi connectivity index (χ3v) is 1.93. The maximum atomic E-state index is 9.62. The van der Waals surface area contributed by atoms with Gasteiger partial charge < -0.3 is 19.2 Å². The molecule has 0 fully saturated rings. The first-order valence-electron chi connectivity index (χ1n) is 4.56. The predicted octanol–water partition coefficient (Wildman–Crippen LogP) is 2.18. The topological polar surface area (TPSA) is 58.4 Å². The fourth-order valence-electron chi connectivity index (χ4n) is 1.33. The van der Waals surface area contributed by atoms with Crippen molar-refractivity contribution in [3.05, 3.63) is 24.1 Å². The standard InChI is InChI=1S/C10H13NO3/c1-6(2)14-10(12)8-5-9-7(11-8)3-4-13-9/h3-6,10-12H,1-2H3. The zero-order valence-electron chi connectivity index (χ0n) is 8.15. The van der Waals surface area contributed by atoms with Crippen molar-refractivity contribution in [3.63, 3.8) is 0 Å². The molecule has 2 rings (SSSR count). The third-order valence-electron chi connectivity index (χ3n) is 1.93. The molecule has 0 spiro atoms. The second-order valence-electron chi connectivity index (χ2n) is 3.46. The highest BCUT2D eigenvalue weighted by atomic mass is 16.6. The van der Waals surface area contributed by atoms with Crippen LogP contribution in [0, 0.1) is 0 Å². The number of aromatic amines is 1. The lowest BCUT2D eigenvalue weighted by molar-refractivity contribution is -0.131. The molecule has 4 heteroatoms. The molecule has 2 aromatic rings. The number of aromatic nitrogens is 1. The summed E-state index contributed by atoms with van der Waals surface area (Å²) in [6.07, 6.45) is 0.665. The number of furan rings is 1. The molecular weight excluding hydrogens is 182 g/mol. The maximum absolute atomic E-state index is 9.62. The van der Waals surface area contributed by atoms with E-state index in [1.54, 1.807) is 18.4 Å². The quantitative estimate of drug-likeness (QED) is 0.738. The van der Waals surface area contributed by atoms with Crippen LogP contribution in [0.15, 0.2) is 22.8 Å². The normalized spacial score (nSPS) is 14.0. The van der Waals surface area contributed by atoms with Gasteiger partial charge in [-0.2, -0.15) is 0 Å². The minimum Gasteiger partial charge on any atom is -0.463 e. The summed E-state index contributed by atoms with van der Waals surface area (Å²) in [5.74, 6) is 0. The Kier molecular flexibility index (Phi) is 2.31. The molecule has 14 heavy (non-hydrogen) atoms. The molecule has 4 nitrogen and oxygen atoms in total. The number of fused-ring (bicyclic) bond motifs is 1. The average molecular weight is 195 g/mol. The van der Waals surface area contributed by atoms with Gasteiger partial charge in [-0.3, -0.25) is 0 Å². The van der Waals surface area contributed by atoms with Crippen LogP contribution in [0.25, 0.3) is 11.1 Å². The van der Waals surface area contributed by atoms with Gasteiger partial charge in [0.2, 0.25) is 0 Å². The van der Waals surface area contributed by atoms with Gasteiger partial charge in [0, 0.05) is 12.1 Å². The summed E-state index contributed by atoms with van der Waals surface area (Å²) in [6.45, 7) is 3.74. The van der Waals surface area contributed by atoms with Crippen LogP contribution in [-0.2, 0) is 4.74 Å². The highest BCUT2D eigenvalue weighted by Crippen LogP contribution is 2.22. The first-order chi connectivity index (χ1) is 6.66. The summed E-state index contributed by atoms with van der Waals surface area (Å²) < 4.78 is 10.4. The fourth-order valence-corrected chi connectivity index (χ4v) is 1.33. The van der Waals surface area contributed by atoms with Gasteiger partial charge in [-0.25, -0.2) is 0 Å². The van der Waals surface area contributed by atoms with Crippen molar-refractivity contribution in [1.29, 1.82) is 0 Å². The smallest absolute Gasteiger partial charge is 0.196 e. The lowest BCUT2D eigenvalue weighted by atomic mass is 10.4. The minimum atomic E-state index is -0.919. The fraction of sp³-hybridized carbons (Fsp3) is 0.400. The molecule has 0 aliphatic rings. The third kappa shape index (κ3) is 1.66. The predicted molar refractivity (Wildman–Crippen MR) is 51.7 cm³/mol. The van der Waals surface area contributed by atoms with E-state index in [-0.39, 0.29) is 6.10 Å². The van der Waals surface area contributed by atoms with E-state index in [9.17, 15) is 5.11 Å². The second kappa shape index (κ2) is 3.48. The summed E-state index contributed by atoms with van der Waals surface area (Å²) in [7, 11) is 0. The number of nitrogens with one attached hydrogen (secondary N) is 1. The molecule has 0 aromatic carbocycles. The Balaban J connectivity index is 2.21. The van der Waals surface area contributed by atoms with E-state index in [0.29, 0.717) is 5.69 Å². The van der Waals surface area contributed by atoms with Crippen LogP contribution >= 0.6 is 0 Å². The van der Waals surface area contributed by atoms with E-state index in [1.807, 2.05) is 13.8 Å². The number of hydrogen-bond donors (Lipinski definition) is 2. The first-order valence-corrected chi connectivity index (χ1v) is 4.56. The van der Waals surface area contributed by atoms with Gasteiger partial charge >= 0.3 is 0 Å². The summed E-state index contributed by atoms with van der Waals surface area (Å²) in [6, 6.07) is 3.54. The molecule has 76 valence electrons. The zero-order chi connectivity index (χ0) is 10.1. The minimum absolute atomic E-state index is 0.0143. The van der Waals surface area contributed by atoms with Crippen LogP contribution in [0.2, 0.25) is 0 Å². The van der Waals surface area contributed by atoms with E-state index in [2.05, 4.69) is 4.98 Å². The van der Waals surface area contributed by atoms with E-state index in [4.69, 9.17) is 9.15 Å². The Bertz CT molecular complexity index is 387. The Labute approximate surface area is 81.5 Å². The van der Waals surface area contributed by atoms with Crippen molar-refractivity contribution < 1.29 is 14.3 Å². The molecule has 1 atom stereocenters. The van der Waals surface area contributed by atoms with Crippen molar-refractivity contribution >= 4 is 11.1 Å². The van der Waals surface area contributed by atoms with E-state index >= 15 is 0 Å². The van der Waals surface area contributed by atoms with Crippen LogP contribution in [0.5, 0.6) is 0 Å². The van der Waals surface area contributed by atoms with Crippen molar-refractivity contribution in [3.8, 4) is 0 Å². The van der Waals surface area contributed by atoms with Crippen LogP contribution < -0.4 is 0 Å². The molecule has 0 saturated carbocycles. The molecule has 2 N–H and O–H groups in total. The summed E-state index contributed by atoms with van der Waals surface area (Å²) in [5, 5.41) is 9.62. The van der Waals surface area contributed by atoms with Crippen LogP contribution in [0.1, 0.15) is 25.8 Å². The van der Waals surface area contributed by atoms with Crippen LogP contribution in [0.4, 0.5) is 0 Å². The molecule has 0 amide bonds. The molecule has 2 heterocycles. The van der Waals surface area contributed by atoms with Gasteiger partial charge in [0.25, 0.3) is 0 Å².